The first-order valence-corrected chi connectivity index (χ1v) is 6.08. The van der Waals surface area contributed by atoms with Crippen LogP contribution in [-0.4, -0.2) is 16.2 Å². The fourth-order valence-electron chi connectivity index (χ4n) is 2.48. The topological polar surface area (TPSA) is 57.5 Å². The number of phenols is 1. The summed E-state index contributed by atoms with van der Waals surface area (Å²) in [4.78, 5) is 11.5. The lowest BCUT2D eigenvalue weighted by Gasteiger charge is -2.25. The van der Waals surface area contributed by atoms with Gasteiger partial charge in [0, 0.05) is 5.56 Å². The maximum absolute atomic E-state index is 11.5. The minimum absolute atomic E-state index is 0.0619. The van der Waals surface area contributed by atoms with E-state index >= 15 is 0 Å². The molecule has 1 aliphatic carbocycles. The van der Waals surface area contributed by atoms with E-state index < -0.39 is 11.4 Å². The van der Waals surface area contributed by atoms with Crippen molar-refractivity contribution in [3.05, 3.63) is 28.2 Å². The summed E-state index contributed by atoms with van der Waals surface area (Å²) in [6.45, 7) is 0. The van der Waals surface area contributed by atoms with Crippen molar-refractivity contribution in [1.82, 2.24) is 0 Å². The van der Waals surface area contributed by atoms with E-state index in [1.54, 1.807) is 18.2 Å². The summed E-state index contributed by atoms with van der Waals surface area (Å²) >= 11 is 3.22. The van der Waals surface area contributed by atoms with Crippen LogP contribution >= 0.6 is 15.9 Å². The van der Waals surface area contributed by atoms with Crippen molar-refractivity contribution in [2.24, 2.45) is 0 Å². The van der Waals surface area contributed by atoms with E-state index in [-0.39, 0.29) is 5.75 Å². The van der Waals surface area contributed by atoms with E-state index in [1.165, 1.54) is 0 Å². The molecule has 1 fully saturated rings. The molecule has 0 bridgehead atoms. The van der Waals surface area contributed by atoms with Crippen LogP contribution in [0.3, 0.4) is 0 Å². The third-order valence-electron chi connectivity index (χ3n) is 3.37. The molecule has 1 saturated carbocycles. The van der Waals surface area contributed by atoms with Crippen molar-refractivity contribution in [2.75, 3.05) is 0 Å². The van der Waals surface area contributed by atoms with Gasteiger partial charge in [-0.3, -0.25) is 4.79 Å². The molecule has 0 aliphatic heterocycles. The van der Waals surface area contributed by atoms with Crippen LogP contribution in [0.15, 0.2) is 22.7 Å². The molecule has 0 saturated heterocycles. The van der Waals surface area contributed by atoms with Crippen LogP contribution in [0.1, 0.15) is 31.2 Å². The molecule has 16 heavy (non-hydrogen) atoms. The summed E-state index contributed by atoms with van der Waals surface area (Å²) in [5.41, 5.74) is -0.361. The van der Waals surface area contributed by atoms with Gasteiger partial charge in [-0.25, -0.2) is 0 Å². The van der Waals surface area contributed by atoms with Crippen molar-refractivity contribution in [1.29, 1.82) is 0 Å². The molecule has 1 aliphatic rings. The van der Waals surface area contributed by atoms with E-state index in [4.69, 9.17) is 0 Å². The van der Waals surface area contributed by atoms with Gasteiger partial charge in [0.1, 0.15) is 5.75 Å². The second-order valence-electron chi connectivity index (χ2n) is 4.23. The molecule has 86 valence electrons. The Balaban J connectivity index is 2.56. The first-order valence-electron chi connectivity index (χ1n) is 5.29. The Morgan fingerprint density at radius 2 is 1.94 bits per heavy atom. The SMILES string of the molecule is O=C(O)C1(c2cccc(Br)c2O)CCCC1. The Morgan fingerprint density at radius 3 is 2.50 bits per heavy atom. The van der Waals surface area contributed by atoms with Gasteiger partial charge in [-0.2, -0.15) is 0 Å². The second kappa shape index (κ2) is 4.09. The average molecular weight is 285 g/mol. The molecule has 4 heteroatoms. The molecule has 0 aromatic heterocycles. The first kappa shape index (κ1) is 11.5. The number of hydrogen-bond acceptors (Lipinski definition) is 2. The van der Waals surface area contributed by atoms with Crippen molar-refractivity contribution in [3.63, 3.8) is 0 Å². The predicted octanol–water partition coefficient (Wildman–Crippen LogP) is 3.05. The minimum Gasteiger partial charge on any atom is -0.506 e. The lowest BCUT2D eigenvalue weighted by atomic mass is 9.78. The fraction of sp³-hybridized carbons (Fsp3) is 0.417. The van der Waals surface area contributed by atoms with Gasteiger partial charge < -0.3 is 10.2 Å². The predicted molar refractivity (Wildman–Crippen MR) is 63.6 cm³/mol. The molecule has 0 atom stereocenters. The Hall–Kier alpha value is -1.03. The van der Waals surface area contributed by atoms with Crippen LogP contribution < -0.4 is 0 Å². The molecular formula is C12H13BrO3. The number of carboxylic acids is 1. The van der Waals surface area contributed by atoms with E-state index in [1.807, 2.05) is 0 Å². The third-order valence-corrected chi connectivity index (χ3v) is 4.01. The number of hydrogen-bond donors (Lipinski definition) is 2. The van der Waals surface area contributed by atoms with E-state index in [2.05, 4.69) is 15.9 Å². The molecule has 0 spiro atoms. The maximum atomic E-state index is 11.5. The second-order valence-corrected chi connectivity index (χ2v) is 5.08. The minimum atomic E-state index is -0.895. The third kappa shape index (κ3) is 1.61. The van der Waals surface area contributed by atoms with Gasteiger partial charge in [0.15, 0.2) is 0 Å². The van der Waals surface area contributed by atoms with E-state index in [0.717, 1.165) is 12.8 Å². The van der Waals surface area contributed by atoms with E-state index in [9.17, 15) is 15.0 Å². The number of benzene rings is 1. The van der Waals surface area contributed by atoms with Gasteiger partial charge in [-0.1, -0.05) is 25.0 Å². The van der Waals surface area contributed by atoms with E-state index in [0.29, 0.717) is 22.9 Å². The summed E-state index contributed by atoms with van der Waals surface area (Å²) in [5.74, 6) is -0.773. The van der Waals surface area contributed by atoms with Crippen LogP contribution in [0.25, 0.3) is 0 Å². The number of phenolic OH excluding ortho intramolecular Hbond substituents is 1. The number of para-hydroxylation sites is 1. The number of halogens is 1. The molecule has 2 rings (SSSR count). The van der Waals surface area contributed by atoms with Crippen LogP contribution in [-0.2, 0) is 10.2 Å². The quantitative estimate of drug-likeness (QED) is 0.878. The summed E-state index contributed by atoms with van der Waals surface area (Å²) in [5, 5.41) is 19.4. The highest BCUT2D eigenvalue weighted by Crippen LogP contribution is 2.46. The molecule has 1 aromatic carbocycles. The van der Waals surface area contributed by atoms with Crippen molar-refractivity contribution in [3.8, 4) is 5.75 Å². The van der Waals surface area contributed by atoms with Crippen LogP contribution in [0.2, 0.25) is 0 Å². The Bertz CT molecular complexity index is 422. The lowest BCUT2D eigenvalue weighted by molar-refractivity contribution is -0.143. The van der Waals surface area contributed by atoms with Gasteiger partial charge >= 0.3 is 5.97 Å². The number of rotatable bonds is 2. The molecular weight excluding hydrogens is 272 g/mol. The fourth-order valence-corrected chi connectivity index (χ4v) is 2.84. The maximum Gasteiger partial charge on any atom is 0.314 e. The zero-order chi connectivity index (χ0) is 11.8. The van der Waals surface area contributed by atoms with Crippen molar-refractivity contribution >= 4 is 21.9 Å². The Morgan fingerprint density at radius 1 is 1.31 bits per heavy atom. The lowest BCUT2D eigenvalue weighted by Crippen LogP contribution is -2.32. The standard InChI is InChI=1S/C12H13BrO3/c13-9-5-3-4-8(10(9)14)12(11(15)16)6-1-2-7-12/h3-5,14H,1-2,6-7H2,(H,15,16). The Kier molecular flexibility index (Phi) is 2.93. The average Bonchev–Trinajstić information content (AvgIpc) is 2.72. The first-order chi connectivity index (χ1) is 7.58. The number of carboxylic acid groups (broad SMARTS) is 1. The normalized spacial score (nSPS) is 18.6. The highest BCUT2D eigenvalue weighted by molar-refractivity contribution is 9.10. The number of carbonyl (C=O) groups is 1. The van der Waals surface area contributed by atoms with Gasteiger partial charge in [-0.15, -0.1) is 0 Å². The van der Waals surface area contributed by atoms with Crippen LogP contribution in [0.5, 0.6) is 5.75 Å². The van der Waals surface area contributed by atoms with Crippen LogP contribution in [0.4, 0.5) is 0 Å². The van der Waals surface area contributed by atoms with Crippen molar-refractivity contribution in [2.45, 2.75) is 31.1 Å². The van der Waals surface area contributed by atoms with Gasteiger partial charge in [0.2, 0.25) is 0 Å². The van der Waals surface area contributed by atoms with Gasteiger partial charge in [-0.05, 0) is 34.8 Å². The van der Waals surface area contributed by atoms with Crippen molar-refractivity contribution < 1.29 is 15.0 Å². The zero-order valence-electron chi connectivity index (χ0n) is 8.74. The zero-order valence-corrected chi connectivity index (χ0v) is 10.3. The van der Waals surface area contributed by atoms with Gasteiger partial charge in [0.05, 0.1) is 9.89 Å². The number of aliphatic carboxylic acids is 1. The molecule has 3 nitrogen and oxygen atoms in total. The summed E-state index contributed by atoms with van der Waals surface area (Å²) < 4.78 is 0.553. The van der Waals surface area contributed by atoms with Crippen LogP contribution in [0, 0.1) is 0 Å². The molecule has 0 unspecified atom stereocenters. The Labute approximate surface area is 102 Å². The molecule has 1 aromatic rings. The monoisotopic (exact) mass is 284 g/mol. The molecule has 0 heterocycles. The largest absolute Gasteiger partial charge is 0.506 e. The molecule has 2 N–H and O–H groups in total. The molecule has 0 amide bonds. The molecule has 0 radical (unpaired) electrons. The summed E-state index contributed by atoms with van der Waals surface area (Å²) in [7, 11) is 0. The number of aromatic hydroxyl groups is 1. The van der Waals surface area contributed by atoms with Gasteiger partial charge in [0.25, 0.3) is 0 Å². The highest BCUT2D eigenvalue weighted by Gasteiger charge is 2.44. The summed E-state index contributed by atoms with van der Waals surface area (Å²) in [6, 6.07) is 5.19. The summed E-state index contributed by atoms with van der Waals surface area (Å²) in [6.07, 6.45) is 3.01. The highest BCUT2D eigenvalue weighted by atomic mass is 79.9. The smallest absolute Gasteiger partial charge is 0.314 e.